The lowest BCUT2D eigenvalue weighted by Crippen LogP contribution is -2.58. The van der Waals surface area contributed by atoms with Crippen LogP contribution >= 0.6 is 0 Å². The van der Waals surface area contributed by atoms with Gasteiger partial charge in [0.25, 0.3) is 0 Å². The lowest BCUT2D eigenvalue weighted by atomic mass is 9.66. The second-order valence-corrected chi connectivity index (χ2v) is 22.3. The summed E-state index contributed by atoms with van der Waals surface area (Å²) in [5.41, 5.74) is -5.55. The first-order valence-corrected chi connectivity index (χ1v) is 21.0. The van der Waals surface area contributed by atoms with E-state index in [2.05, 4.69) is 37.7 Å². The summed E-state index contributed by atoms with van der Waals surface area (Å²) < 4.78 is 39.4. The topological polar surface area (TPSA) is 168 Å². The van der Waals surface area contributed by atoms with Crippen molar-refractivity contribution in [2.75, 3.05) is 39.6 Å². The maximum atomic E-state index is 13.8. The smallest absolute Gasteiger partial charge is 0.320 e. The number of carboxylic acid groups (broad SMARTS) is 1. The Morgan fingerprint density at radius 2 is 1.30 bits per heavy atom. The molecule has 0 rings (SSSR count). The number of aliphatic carboxylic acids is 1. The molecule has 13 heteroatoms. The number of hydrogen-bond acceptors (Lipinski definition) is 10. The third-order valence-electron chi connectivity index (χ3n) is 11.7. The highest BCUT2D eigenvalue weighted by Gasteiger charge is 2.46. The van der Waals surface area contributed by atoms with Gasteiger partial charge < -0.3 is 14.6 Å². The summed E-state index contributed by atoms with van der Waals surface area (Å²) in [6, 6.07) is -1.16. The van der Waals surface area contributed by atoms with Crippen LogP contribution in [0.5, 0.6) is 0 Å². The average Bonchev–Trinajstić information content (AvgIpc) is 2.96. The van der Waals surface area contributed by atoms with Crippen molar-refractivity contribution in [2.24, 2.45) is 21.7 Å². The maximum Gasteiger partial charge on any atom is 0.320 e. The second-order valence-electron chi connectivity index (χ2n) is 20.3. The summed E-state index contributed by atoms with van der Waals surface area (Å²) >= 11 is 0. The molecule has 54 heavy (non-hydrogen) atoms. The Kier molecular flexibility index (Phi) is 18.0. The Bertz CT molecular complexity index is 1410. The van der Waals surface area contributed by atoms with Crippen molar-refractivity contribution in [1.82, 2.24) is 14.9 Å². The molecule has 0 saturated carbocycles. The molecule has 0 spiro atoms. The zero-order valence-corrected chi connectivity index (χ0v) is 38.3. The zero-order valence-electron chi connectivity index (χ0n) is 37.5. The fraction of sp³-hybridized carbons (Fsp3) is 0.902. The summed E-state index contributed by atoms with van der Waals surface area (Å²) in [7, 11) is -0.325. The van der Waals surface area contributed by atoms with Gasteiger partial charge in [-0.05, 0) is 113 Å². The number of hydrogen-bond donors (Lipinski definition) is 3. The van der Waals surface area contributed by atoms with Gasteiger partial charge in [-0.25, -0.2) is 13.1 Å². The largest absolute Gasteiger partial charge is 0.480 e. The minimum atomic E-state index is -3.51. The molecular formula is C41H79N3O9S. The van der Waals surface area contributed by atoms with Crippen molar-refractivity contribution in [3.8, 4) is 0 Å². The van der Waals surface area contributed by atoms with Gasteiger partial charge in [0.1, 0.15) is 11.8 Å². The van der Waals surface area contributed by atoms with E-state index in [4.69, 9.17) is 9.47 Å². The minimum Gasteiger partial charge on any atom is -0.480 e. The zero-order chi connectivity index (χ0) is 43.2. The first-order chi connectivity index (χ1) is 23.8. The molecule has 0 amide bonds. The van der Waals surface area contributed by atoms with E-state index < -0.39 is 60.6 Å². The molecule has 0 aromatic heterocycles. The molecule has 0 heterocycles. The summed E-state index contributed by atoms with van der Waals surface area (Å²) in [6.45, 7) is 33.2. The Balaban J connectivity index is 5.33. The molecule has 0 saturated heterocycles. The Morgan fingerprint density at radius 3 is 1.76 bits per heavy atom. The molecule has 0 aliphatic rings. The molecule has 0 aliphatic heterocycles. The van der Waals surface area contributed by atoms with E-state index in [1.807, 2.05) is 39.6 Å². The maximum absolute atomic E-state index is 13.8. The predicted molar refractivity (Wildman–Crippen MR) is 217 cm³/mol. The number of nitrogens with one attached hydrogen (secondary N) is 2. The van der Waals surface area contributed by atoms with Crippen LogP contribution in [0.15, 0.2) is 0 Å². The number of rotatable bonds is 27. The summed E-state index contributed by atoms with van der Waals surface area (Å²) in [5, 5.41) is 13.1. The molecule has 1 atom stereocenters. The van der Waals surface area contributed by atoms with Crippen LogP contribution in [-0.4, -0.2) is 110 Å². The molecule has 1 unspecified atom stereocenters. The minimum absolute atomic E-state index is 0.0165. The fourth-order valence-electron chi connectivity index (χ4n) is 7.31. The summed E-state index contributed by atoms with van der Waals surface area (Å²) in [5.74, 6) is -1.56. The van der Waals surface area contributed by atoms with E-state index in [-0.39, 0.29) is 47.8 Å². The number of carbonyl (C=O) groups is 4. The van der Waals surface area contributed by atoms with Crippen molar-refractivity contribution in [3.05, 3.63) is 0 Å². The van der Waals surface area contributed by atoms with Gasteiger partial charge in [-0.1, -0.05) is 55.4 Å². The van der Waals surface area contributed by atoms with Crippen LogP contribution in [0.2, 0.25) is 0 Å². The van der Waals surface area contributed by atoms with Crippen LogP contribution in [0, 0.1) is 21.7 Å². The highest BCUT2D eigenvalue weighted by molar-refractivity contribution is 7.89. The molecule has 318 valence electrons. The number of sulfonamides is 1. The average molecular weight is 790 g/mol. The van der Waals surface area contributed by atoms with Crippen LogP contribution in [0.4, 0.5) is 0 Å². The standard InChI is InChI=1S/C41H79N3O9S/c1-29(45)35(4,5)27-37(8,9)41(16,17)53-24-22-38(10,11)52-25-23-44(19)40(14,15)31(46)21-20-30(32(47)48)43-39(12,13)33(49)36(6,7)26-34(2,3)28-54(50,51)42-18/h30,42-43H,20-28H2,1-19H3,(H,47,48). The normalized spacial score (nSPS) is 15.0. The second kappa shape index (κ2) is 18.7. The number of nitrogens with zero attached hydrogens (tertiary/aromatic N) is 1. The van der Waals surface area contributed by atoms with Crippen molar-refractivity contribution in [1.29, 1.82) is 0 Å². The van der Waals surface area contributed by atoms with Crippen LogP contribution < -0.4 is 10.0 Å². The number of carbonyl (C=O) groups excluding carboxylic acids is 3. The summed E-state index contributed by atoms with van der Waals surface area (Å²) in [6.07, 6.45) is 1.56. The van der Waals surface area contributed by atoms with Crippen molar-refractivity contribution < 1.29 is 42.2 Å². The SMILES string of the molecule is CNS(=O)(=O)CC(C)(C)CC(C)(C)C(=O)C(C)(C)NC(CCC(=O)C(C)(C)N(C)CCOC(C)(C)CCOC(C)(C)C(C)(C)CC(C)(C)C(C)=O)C(=O)O. The van der Waals surface area contributed by atoms with Gasteiger partial charge in [-0.15, -0.1) is 0 Å². The summed E-state index contributed by atoms with van der Waals surface area (Å²) in [4.78, 5) is 53.8. The number of likely N-dealkylation sites (N-methyl/N-ethyl adjacent to an activating group) is 1. The fourth-order valence-corrected chi connectivity index (χ4v) is 8.59. The van der Waals surface area contributed by atoms with Crippen LogP contribution in [0.1, 0.15) is 150 Å². The van der Waals surface area contributed by atoms with Crippen LogP contribution in [0.25, 0.3) is 0 Å². The van der Waals surface area contributed by atoms with Crippen molar-refractivity contribution in [2.45, 2.75) is 178 Å². The van der Waals surface area contributed by atoms with E-state index in [1.54, 1.807) is 62.3 Å². The van der Waals surface area contributed by atoms with Crippen LogP contribution in [0.3, 0.4) is 0 Å². The first kappa shape index (κ1) is 52.2. The molecule has 0 aliphatic carbocycles. The highest BCUT2D eigenvalue weighted by atomic mass is 32.2. The molecular weight excluding hydrogens is 711 g/mol. The molecule has 0 bridgehead atoms. The Hall–Kier alpha value is -1.77. The number of ether oxygens (including phenoxy) is 2. The molecule has 0 fully saturated rings. The third kappa shape index (κ3) is 16.0. The molecule has 3 N–H and O–H groups in total. The molecule has 0 radical (unpaired) electrons. The van der Waals surface area contributed by atoms with Gasteiger partial charge in [-0.2, -0.15) is 0 Å². The highest BCUT2D eigenvalue weighted by Crippen LogP contribution is 2.44. The van der Waals surface area contributed by atoms with Gasteiger partial charge in [0.2, 0.25) is 10.0 Å². The van der Waals surface area contributed by atoms with Crippen molar-refractivity contribution in [3.63, 3.8) is 0 Å². The third-order valence-corrected chi connectivity index (χ3v) is 13.5. The Morgan fingerprint density at radius 1 is 0.778 bits per heavy atom. The quantitative estimate of drug-likeness (QED) is 0.0838. The first-order valence-electron chi connectivity index (χ1n) is 19.3. The van der Waals surface area contributed by atoms with E-state index in [0.29, 0.717) is 32.6 Å². The lowest BCUT2D eigenvalue weighted by molar-refractivity contribution is -0.142. The van der Waals surface area contributed by atoms with Gasteiger partial charge in [-0.3, -0.25) is 29.4 Å². The van der Waals surface area contributed by atoms with E-state index >= 15 is 0 Å². The Labute approximate surface area is 329 Å². The van der Waals surface area contributed by atoms with E-state index in [0.717, 1.165) is 0 Å². The van der Waals surface area contributed by atoms with Crippen LogP contribution in [-0.2, 0) is 38.7 Å². The van der Waals surface area contributed by atoms with Gasteiger partial charge >= 0.3 is 5.97 Å². The number of carboxylic acids is 1. The molecule has 12 nitrogen and oxygen atoms in total. The molecule has 0 aromatic rings. The number of ketones is 3. The van der Waals surface area contributed by atoms with Gasteiger partial charge in [0, 0.05) is 23.8 Å². The van der Waals surface area contributed by atoms with E-state index in [9.17, 15) is 32.7 Å². The number of Topliss-reactive ketones (excluding diaryl/α,β-unsaturated/α-hetero) is 3. The monoisotopic (exact) mass is 790 g/mol. The van der Waals surface area contributed by atoms with Crippen molar-refractivity contribution >= 4 is 33.3 Å². The van der Waals surface area contributed by atoms with Gasteiger partial charge in [0.05, 0.1) is 41.2 Å². The van der Waals surface area contributed by atoms with E-state index in [1.165, 1.54) is 7.05 Å². The lowest BCUT2D eigenvalue weighted by Gasteiger charge is -2.45. The molecule has 0 aromatic carbocycles. The van der Waals surface area contributed by atoms with Gasteiger partial charge in [0.15, 0.2) is 11.6 Å². The predicted octanol–water partition coefficient (Wildman–Crippen LogP) is 6.44.